The van der Waals surface area contributed by atoms with Crippen molar-refractivity contribution in [1.29, 1.82) is 0 Å². The Morgan fingerprint density at radius 2 is 2.00 bits per heavy atom. The SMILES string of the molecule is CC(Nc1ncnc2sccc12)c1ccc(/C(N)=C/C(=C\N)C2CC2)cc1. The molecule has 0 spiro atoms. The molecule has 1 aromatic carbocycles. The summed E-state index contributed by atoms with van der Waals surface area (Å²) >= 11 is 1.62. The van der Waals surface area contributed by atoms with E-state index in [1.807, 2.05) is 17.5 Å². The third-order valence-electron chi connectivity index (χ3n) is 4.92. The van der Waals surface area contributed by atoms with Gasteiger partial charge in [0.2, 0.25) is 0 Å². The van der Waals surface area contributed by atoms with Gasteiger partial charge in [-0.15, -0.1) is 11.3 Å². The number of nitrogens with one attached hydrogen (secondary N) is 1. The molecule has 2 aromatic heterocycles. The maximum absolute atomic E-state index is 6.27. The molecule has 1 atom stereocenters. The first kappa shape index (κ1) is 17.5. The molecular weight excluding hydrogens is 354 g/mol. The van der Waals surface area contributed by atoms with Gasteiger partial charge in [-0.3, -0.25) is 0 Å². The van der Waals surface area contributed by atoms with Crippen LogP contribution in [0.15, 0.2) is 59.9 Å². The maximum Gasteiger partial charge on any atom is 0.138 e. The first-order chi connectivity index (χ1) is 13.2. The average Bonchev–Trinajstić information content (AvgIpc) is 3.42. The molecule has 0 bridgehead atoms. The van der Waals surface area contributed by atoms with Crippen LogP contribution >= 0.6 is 11.3 Å². The van der Waals surface area contributed by atoms with Crippen LogP contribution in [0.25, 0.3) is 15.9 Å². The number of hydrogen-bond donors (Lipinski definition) is 3. The van der Waals surface area contributed by atoms with Crippen LogP contribution in [0.2, 0.25) is 0 Å². The Bertz CT molecular complexity index is 999. The molecule has 5 nitrogen and oxygen atoms in total. The van der Waals surface area contributed by atoms with E-state index in [0.29, 0.717) is 5.92 Å². The molecule has 0 amide bonds. The summed E-state index contributed by atoms with van der Waals surface area (Å²) in [7, 11) is 0. The van der Waals surface area contributed by atoms with E-state index >= 15 is 0 Å². The van der Waals surface area contributed by atoms with E-state index in [4.69, 9.17) is 11.5 Å². The lowest BCUT2D eigenvalue weighted by Gasteiger charge is -2.16. The lowest BCUT2D eigenvalue weighted by atomic mass is 10.0. The standard InChI is InChI=1S/C21H23N5S/c1-13(26-20-18-8-9-27-21(18)25-12-24-20)14-2-6-16(7-3-14)19(23)10-17(11-22)15-4-5-15/h2-3,6-13,15H,4-5,22-23H2,1H3,(H,24,25,26)/b17-11+,19-10-. The minimum atomic E-state index is 0.119. The number of hydrogen-bond acceptors (Lipinski definition) is 6. The molecule has 1 saturated carbocycles. The molecule has 4 rings (SSSR count). The van der Waals surface area contributed by atoms with Gasteiger partial charge < -0.3 is 16.8 Å². The van der Waals surface area contributed by atoms with E-state index in [9.17, 15) is 0 Å². The third kappa shape index (κ3) is 3.80. The summed E-state index contributed by atoms with van der Waals surface area (Å²) < 4.78 is 0. The Morgan fingerprint density at radius 3 is 2.70 bits per heavy atom. The van der Waals surface area contributed by atoms with Crippen LogP contribution in [0.4, 0.5) is 5.82 Å². The van der Waals surface area contributed by atoms with Crippen molar-refractivity contribution in [2.75, 3.05) is 5.32 Å². The van der Waals surface area contributed by atoms with E-state index in [1.165, 1.54) is 18.4 Å². The van der Waals surface area contributed by atoms with Crippen LogP contribution in [0.1, 0.15) is 36.9 Å². The number of fused-ring (bicyclic) bond motifs is 1. The number of nitrogens with two attached hydrogens (primary N) is 2. The molecule has 2 heterocycles. The molecular formula is C21H23N5S. The van der Waals surface area contributed by atoms with E-state index in [1.54, 1.807) is 23.9 Å². The van der Waals surface area contributed by atoms with Crippen molar-refractivity contribution in [2.24, 2.45) is 17.4 Å². The topological polar surface area (TPSA) is 89.8 Å². The number of benzene rings is 1. The summed E-state index contributed by atoms with van der Waals surface area (Å²) in [6, 6.07) is 10.5. The molecule has 3 aromatic rings. The quantitative estimate of drug-likeness (QED) is 0.553. The van der Waals surface area contributed by atoms with E-state index in [-0.39, 0.29) is 6.04 Å². The Kier molecular flexibility index (Phi) is 4.81. The van der Waals surface area contributed by atoms with Gasteiger partial charge in [-0.1, -0.05) is 24.3 Å². The fourth-order valence-corrected chi connectivity index (χ4v) is 3.87. The summed E-state index contributed by atoms with van der Waals surface area (Å²) in [6.45, 7) is 2.12. The molecule has 0 saturated heterocycles. The largest absolute Gasteiger partial charge is 0.404 e. The summed E-state index contributed by atoms with van der Waals surface area (Å²) in [5, 5.41) is 6.57. The highest BCUT2D eigenvalue weighted by atomic mass is 32.1. The molecule has 0 aliphatic heterocycles. The molecule has 1 fully saturated rings. The van der Waals surface area contributed by atoms with Crippen LogP contribution < -0.4 is 16.8 Å². The van der Waals surface area contributed by atoms with Crippen LogP contribution in [0.3, 0.4) is 0 Å². The number of thiophene rings is 1. The van der Waals surface area contributed by atoms with E-state index < -0.39 is 0 Å². The summed E-state index contributed by atoms with van der Waals surface area (Å²) in [4.78, 5) is 9.68. The Hall–Kier alpha value is -2.86. The van der Waals surface area contributed by atoms with E-state index in [2.05, 4.69) is 46.5 Å². The number of anilines is 1. The third-order valence-corrected chi connectivity index (χ3v) is 5.74. The highest BCUT2D eigenvalue weighted by Crippen LogP contribution is 2.37. The second-order valence-electron chi connectivity index (χ2n) is 6.89. The summed E-state index contributed by atoms with van der Waals surface area (Å²) in [6.07, 6.45) is 7.69. The first-order valence-corrected chi connectivity index (χ1v) is 9.97. The monoisotopic (exact) mass is 377 g/mol. The Labute approximate surface area is 162 Å². The first-order valence-electron chi connectivity index (χ1n) is 9.09. The van der Waals surface area contributed by atoms with Crippen molar-refractivity contribution in [2.45, 2.75) is 25.8 Å². The Balaban J connectivity index is 1.50. The Morgan fingerprint density at radius 1 is 1.22 bits per heavy atom. The van der Waals surface area contributed by atoms with Crippen LogP contribution in [-0.4, -0.2) is 9.97 Å². The van der Waals surface area contributed by atoms with Crippen LogP contribution in [0, 0.1) is 5.92 Å². The maximum atomic E-state index is 6.27. The molecule has 1 aliphatic rings. The lowest BCUT2D eigenvalue weighted by Crippen LogP contribution is -2.08. The van der Waals surface area contributed by atoms with Gasteiger partial charge in [0.25, 0.3) is 0 Å². The van der Waals surface area contributed by atoms with Gasteiger partial charge in [-0.05, 0) is 66.1 Å². The average molecular weight is 378 g/mol. The van der Waals surface area contributed by atoms with Gasteiger partial charge in [0.05, 0.1) is 5.39 Å². The fraction of sp³-hybridized carbons (Fsp3) is 0.238. The number of rotatable bonds is 6. The molecule has 5 N–H and O–H groups in total. The van der Waals surface area contributed by atoms with Crippen LogP contribution in [0.5, 0.6) is 0 Å². The lowest BCUT2D eigenvalue weighted by molar-refractivity contribution is 0.876. The fourth-order valence-electron chi connectivity index (χ4n) is 3.14. The molecule has 0 radical (unpaired) electrons. The minimum Gasteiger partial charge on any atom is -0.404 e. The van der Waals surface area contributed by atoms with Crippen molar-refractivity contribution >= 4 is 33.1 Å². The molecule has 6 heteroatoms. The van der Waals surface area contributed by atoms with Crippen molar-refractivity contribution in [3.8, 4) is 0 Å². The van der Waals surface area contributed by atoms with Crippen molar-refractivity contribution in [1.82, 2.24) is 9.97 Å². The normalized spacial score (nSPS) is 16.5. The summed E-state index contributed by atoms with van der Waals surface area (Å²) in [5.41, 5.74) is 16.1. The van der Waals surface area contributed by atoms with Crippen molar-refractivity contribution < 1.29 is 0 Å². The van der Waals surface area contributed by atoms with E-state index in [0.717, 1.165) is 32.9 Å². The van der Waals surface area contributed by atoms with Gasteiger partial charge in [0.15, 0.2) is 0 Å². The number of aromatic nitrogens is 2. The van der Waals surface area contributed by atoms with Gasteiger partial charge in [0.1, 0.15) is 17.0 Å². The summed E-state index contributed by atoms with van der Waals surface area (Å²) in [5.74, 6) is 1.44. The number of nitrogens with zero attached hydrogens (tertiary/aromatic N) is 2. The minimum absolute atomic E-state index is 0.119. The van der Waals surface area contributed by atoms with Gasteiger partial charge in [-0.2, -0.15) is 0 Å². The van der Waals surface area contributed by atoms with Crippen molar-refractivity contribution in [3.05, 3.63) is 71.0 Å². The van der Waals surface area contributed by atoms with Gasteiger partial charge in [0, 0.05) is 11.7 Å². The number of allylic oxidation sites excluding steroid dienone is 2. The molecule has 138 valence electrons. The van der Waals surface area contributed by atoms with Crippen molar-refractivity contribution in [3.63, 3.8) is 0 Å². The smallest absolute Gasteiger partial charge is 0.138 e. The highest BCUT2D eigenvalue weighted by Gasteiger charge is 2.24. The zero-order chi connectivity index (χ0) is 18.8. The predicted octanol–water partition coefficient (Wildman–Crippen LogP) is 4.42. The second-order valence-corrected chi connectivity index (χ2v) is 7.78. The van der Waals surface area contributed by atoms with Gasteiger partial charge in [-0.25, -0.2) is 9.97 Å². The second kappa shape index (κ2) is 7.40. The van der Waals surface area contributed by atoms with Crippen LogP contribution in [-0.2, 0) is 0 Å². The molecule has 1 unspecified atom stereocenters. The molecule has 27 heavy (non-hydrogen) atoms. The highest BCUT2D eigenvalue weighted by molar-refractivity contribution is 7.16. The predicted molar refractivity (Wildman–Crippen MR) is 113 cm³/mol. The zero-order valence-corrected chi connectivity index (χ0v) is 16.0. The van der Waals surface area contributed by atoms with Gasteiger partial charge >= 0.3 is 0 Å². The molecule has 1 aliphatic carbocycles. The zero-order valence-electron chi connectivity index (χ0n) is 15.2.